The van der Waals surface area contributed by atoms with Crippen LogP contribution < -0.4 is 20.1 Å². The van der Waals surface area contributed by atoms with Crippen molar-refractivity contribution in [3.05, 3.63) is 59.7 Å². The van der Waals surface area contributed by atoms with Crippen molar-refractivity contribution in [2.45, 2.75) is 0 Å². The van der Waals surface area contributed by atoms with Crippen molar-refractivity contribution in [3.63, 3.8) is 0 Å². The SMILES string of the molecule is CNC(=O)c1ccc(NC(=O)/C=C/c2ccc3c(c2)OCO3)cc1. The van der Waals surface area contributed by atoms with Crippen molar-refractivity contribution in [2.24, 2.45) is 0 Å². The average Bonchev–Trinajstić information content (AvgIpc) is 3.07. The number of benzene rings is 2. The number of fused-ring (bicyclic) bond motifs is 1. The van der Waals surface area contributed by atoms with Gasteiger partial charge in [0.05, 0.1) is 0 Å². The minimum absolute atomic E-state index is 0.171. The van der Waals surface area contributed by atoms with E-state index < -0.39 is 0 Å². The van der Waals surface area contributed by atoms with Gasteiger partial charge in [-0.05, 0) is 48.0 Å². The predicted molar refractivity (Wildman–Crippen MR) is 90.1 cm³/mol. The van der Waals surface area contributed by atoms with Crippen molar-refractivity contribution >= 4 is 23.6 Å². The van der Waals surface area contributed by atoms with E-state index in [1.807, 2.05) is 12.1 Å². The van der Waals surface area contributed by atoms with Gasteiger partial charge >= 0.3 is 0 Å². The molecule has 2 amide bonds. The highest BCUT2D eigenvalue weighted by molar-refractivity contribution is 6.02. The maximum Gasteiger partial charge on any atom is 0.251 e. The normalized spacial score (nSPS) is 12.2. The van der Waals surface area contributed by atoms with Gasteiger partial charge in [0.1, 0.15) is 0 Å². The van der Waals surface area contributed by atoms with Crippen LogP contribution in [0.15, 0.2) is 48.5 Å². The van der Waals surface area contributed by atoms with E-state index in [1.54, 1.807) is 43.5 Å². The Morgan fingerprint density at radius 3 is 2.54 bits per heavy atom. The molecule has 0 saturated carbocycles. The van der Waals surface area contributed by atoms with Gasteiger partial charge in [-0.15, -0.1) is 0 Å². The van der Waals surface area contributed by atoms with Crippen molar-refractivity contribution < 1.29 is 19.1 Å². The van der Waals surface area contributed by atoms with Crippen LogP contribution in [0.5, 0.6) is 11.5 Å². The van der Waals surface area contributed by atoms with Crippen molar-refractivity contribution in [3.8, 4) is 11.5 Å². The standard InChI is InChI=1S/C18H16N2O4/c1-19-18(22)13-4-6-14(7-5-13)20-17(21)9-3-12-2-8-15-16(10-12)24-11-23-15/h2-10H,11H2,1H3,(H,19,22)(H,20,21)/b9-3+. The van der Waals surface area contributed by atoms with Crippen LogP contribution in [0.25, 0.3) is 6.08 Å². The third kappa shape index (κ3) is 3.55. The molecular formula is C18H16N2O4. The largest absolute Gasteiger partial charge is 0.454 e. The minimum Gasteiger partial charge on any atom is -0.454 e. The number of nitrogens with one attached hydrogen (secondary N) is 2. The van der Waals surface area contributed by atoms with E-state index in [0.29, 0.717) is 22.7 Å². The fourth-order valence-electron chi connectivity index (χ4n) is 2.22. The third-order valence-electron chi connectivity index (χ3n) is 3.47. The van der Waals surface area contributed by atoms with Gasteiger partial charge in [0.25, 0.3) is 5.91 Å². The van der Waals surface area contributed by atoms with Crippen LogP contribution in [-0.2, 0) is 4.79 Å². The Morgan fingerprint density at radius 2 is 1.79 bits per heavy atom. The second kappa shape index (κ2) is 6.87. The van der Waals surface area contributed by atoms with Crippen LogP contribution in [0.1, 0.15) is 15.9 Å². The number of carbonyl (C=O) groups excluding carboxylic acids is 2. The second-order valence-electron chi connectivity index (χ2n) is 5.09. The van der Waals surface area contributed by atoms with Crippen LogP contribution in [0, 0.1) is 0 Å². The highest BCUT2D eigenvalue weighted by atomic mass is 16.7. The molecule has 122 valence electrons. The topological polar surface area (TPSA) is 76.7 Å². The van der Waals surface area contributed by atoms with Gasteiger partial charge in [-0.3, -0.25) is 9.59 Å². The smallest absolute Gasteiger partial charge is 0.251 e. The van der Waals surface area contributed by atoms with Crippen LogP contribution in [-0.4, -0.2) is 25.7 Å². The number of ether oxygens (including phenoxy) is 2. The molecule has 0 unspecified atom stereocenters. The highest BCUT2D eigenvalue weighted by Gasteiger charge is 2.12. The summed E-state index contributed by atoms with van der Waals surface area (Å²) in [5, 5.41) is 5.28. The van der Waals surface area contributed by atoms with Gasteiger partial charge < -0.3 is 20.1 Å². The maximum absolute atomic E-state index is 12.0. The van der Waals surface area contributed by atoms with E-state index in [4.69, 9.17) is 9.47 Å². The molecule has 0 radical (unpaired) electrons. The lowest BCUT2D eigenvalue weighted by Gasteiger charge is -2.04. The number of hydrogen-bond acceptors (Lipinski definition) is 4. The summed E-state index contributed by atoms with van der Waals surface area (Å²) >= 11 is 0. The van der Waals surface area contributed by atoms with E-state index in [1.165, 1.54) is 6.08 Å². The first-order valence-electron chi connectivity index (χ1n) is 7.36. The number of rotatable bonds is 4. The molecule has 3 rings (SSSR count). The summed E-state index contributed by atoms with van der Waals surface area (Å²) in [4.78, 5) is 23.4. The molecule has 6 heteroatoms. The first-order valence-corrected chi connectivity index (χ1v) is 7.36. The number of hydrogen-bond donors (Lipinski definition) is 2. The molecule has 0 atom stereocenters. The Bertz CT molecular complexity index is 797. The average molecular weight is 324 g/mol. The van der Waals surface area contributed by atoms with Gasteiger partial charge in [-0.25, -0.2) is 0 Å². The molecule has 1 aliphatic heterocycles. The highest BCUT2D eigenvalue weighted by Crippen LogP contribution is 2.32. The summed E-state index contributed by atoms with van der Waals surface area (Å²) in [7, 11) is 1.57. The Balaban J connectivity index is 1.62. The Hall–Kier alpha value is -3.28. The number of carbonyl (C=O) groups is 2. The molecule has 2 aromatic rings. The van der Waals surface area contributed by atoms with Gasteiger partial charge in [0.15, 0.2) is 11.5 Å². The molecule has 2 N–H and O–H groups in total. The quantitative estimate of drug-likeness (QED) is 0.847. The van der Waals surface area contributed by atoms with Crippen molar-refractivity contribution in [2.75, 3.05) is 19.2 Å². The molecule has 0 aliphatic carbocycles. The zero-order valence-corrected chi connectivity index (χ0v) is 13.0. The van der Waals surface area contributed by atoms with Crippen LogP contribution in [0.4, 0.5) is 5.69 Å². The van der Waals surface area contributed by atoms with E-state index >= 15 is 0 Å². The van der Waals surface area contributed by atoms with E-state index in [2.05, 4.69) is 10.6 Å². The van der Waals surface area contributed by atoms with E-state index in [0.717, 1.165) is 5.56 Å². The predicted octanol–water partition coefficient (Wildman–Crippen LogP) is 2.43. The number of anilines is 1. The fourth-order valence-corrected chi connectivity index (χ4v) is 2.22. The molecule has 1 heterocycles. The molecule has 0 aromatic heterocycles. The van der Waals surface area contributed by atoms with Crippen LogP contribution >= 0.6 is 0 Å². The molecular weight excluding hydrogens is 308 g/mol. The molecule has 6 nitrogen and oxygen atoms in total. The molecule has 24 heavy (non-hydrogen) atoms. The van der Waals surface area contributed by atoms with Crippen LogP contribution in [0.2, 0.25) is 0 Å². The molecule has 0 fully saturated rings. The van der Waals surface area contributed by atoms with Gasteiger partial charge in [-0.1, -0.05) is 6.07 Å². The lowest BCUT2D eigenvalue weighted by atomic mass is 10.2. The summed E-state index contributed by atoms with van der Waals surface area (Å²) in [5.41, 5.74) is 1.98. The zero-order chi connectivity index (χ0) is 16.9. The van der Waals surface area contributed by atoms with E-state index in [-0.39, 0.29) is 18.6 Å². The monoisotopic (exact) mass is 324 g/mol. The van der Waals surface area contributed by atoms with Gasteiger partial charge in [0, 0.05) is 24.4 Å². The maximum atomic E-state index is 12.0. The lowest BCUT2D eigenvalue weighted by molar-refractivity contribution is -0.111. The summed E-state index contributed by atoms with van der Waals surface area (Å²) < 4.78 is 10.5. The fraction of sp³-hybridized carbons (Fsp3) is 0.111. The van der Waals surface area contributed by atoms with Crippen LogP contribution in [0.3, 0.4) is 0 Å². The summed E-state index contributed by atoms with van der Waals surface area (Å²) in [6.45, 7) is 0.217. The van der Waals surface area contributed by atoms with E-state index in [9.17, 15) is 9.59 Å². The lowest BCUT2D eigenvalue weighted by Crippen LogP contribution is -2.17. The zero-order valence-electron chi connectivity index (χ0n) is 13.0. The first kappa shape index (κ1) is 15.6. The van der Waals surface area contributed by atoms with Crippen molar-refractivity contribution in [1.82, 2.24) is 5.32 Å². The Morgan fingerprint density at radius 1 is 1.04 bits per heavy atom. The molecule has 0 bridgehead atoms. The summed E-state index contributed by atoms with van der Waals surface area (Å²) in [6, 6.07) is 12.1. The molecule has 2 aromatic carbocycles. The minimum atomic E-state index is -0.264. The summed E-state index contributed by atoms with van der Waals surface area (Å²) in [6.07, 6.45) is 3.13. The van der Waals surface area contributed by atoms with Gasteiger partial charge in [0.2, 0.25) is 12.7 Å². The third-order valence-corrected chi connectivity index (χ3v) is 3.47. The van der Waals surface area contributed by atoms with Crippen molar-refractivity contribution in [1.29, 1.82) is 0 Å². The molecule has 0 spiro atoms. The Kier molecular flexibility index (Phi) is 4.47. The molecule has 0 saturated heterocycles. The molecule has 1 aliphatic rings. The van der Waals surface area contributed by atoms with Gasteiger partial charge in [-0.2, -0.15) is 0 Å². The number of amides is 2. The Labute approximate surface area is 139 Å². The summed E-state index contributed by atoms with van der Waals surface area (Å²) in [5.74, 6) is 0.936. The second-order valence-corrected chi connectivity index (χ2v) is 5.09. The first-order chi connectivity index (χ1) is 11.7.